The van der Waals surface area contributed by atoms with Crippen LogP contribution in [-0.2, 0) is 0 Å². The number of aliphatic hydroxyl groups is 1. The highest BCUT2D eigenvalue weighted by atomic mass is 35.5. The molecule has 0 unspecified atom stereocenters. The van der Waals surface area contributed by atoms with E-state index in [9.17, 15) is 9.90 Å². The van der Waals surface area contributed by atoms with E-state index in [2.05, 4.69) is 4.98 Å². The second-order valence-electron chi connectivity index (χ2n) is 5.10. The van der Waals surface area contributed by atoms with E-state index in [1.807, 2.05) is 0 Å². The molecule has 0 radical (unpaired) electrons. The Hall–Kier alpha value is -1.33. The van der Waals surface area contributed by atoms with Crippen molar-refractivity contribution in [2.75, 3.05) is 18.9 Å². The summed E-state index contributed by atoms with van der Waals surface area (Å²) in [6.07, 6.45) is 6.79. The fraction of sp³-hybridized carbons (Fsp3) is 0.571. The number of nitrogen functional groups attached to an aromatic ring is 1. The van der Waals surface area contributed by atoms with Gasteiger partial charge in [-0.1, -0.05) is 30.9 Å². The summed E-state index contributed by atoms with van der Waals surface area (Å²) in [6, 6.07) is 1.67. The molecular weight excluding hydrogens is 278 g/mol. The molecule has 20 heavy (non-hydrogen) atoms. The number of anilines is 1. The van der Waals surface area contributed by atoms with Crippen molar-refractivity contribution in [3.63, 3.8) is 0 Å². The minimum atomic E-state index is -0.176. The molecule has 1 aromatic rings. The number of amides is 1. The first-order chi connectivity index (χ1) is 9.63. The minimum Gasteiger partial charge on any atom is -0.395 e. The molecule has 0 spiro atoms. The molecule has 0 aliphatic heterocycles. The summed E-state index contributed by atoms with van der Waals surface area (Å²) in [6.45, 7) is 0.266. The highest BCUT2D eigenvalue weighted by molar-refractivity contribution is 6.33. The molecule has 1 heterocycles. The van der Waals surface area contributed by atoms with Crippen LogP contribution in [-0.4, -0.2) is 40.1 Å². The molecule has 0 atom stereocenters. The zero-order chi connectivity index (χ0) is 14.5. The molecule has 1 aliphatic carbocycles. The van der Waals surface area contributed by atoms with E-state index in [-0.39, 0.29) is 24.4 Å². The summed E-state index contributed by atoms with van der Waals surface area (Å²) >= 11 is 6.05. The molecule has 3 N–H and O–H groups in total. The van der Waals surface area contributed by atoms with Gasteiger partial charge in [-0.15, -0.1) is 0 Å². The Morgan fingerprint density at radius 2 is 2.15 bits per heavy atom. The van der Waals surface area contributed by atoms with E-state index < -0.39 is 0 Å². The number of hydrogen-bond donors (Lipinski definition) is 2. The van der Waals surface area contributed by atoms with Crippen LogP contribution in [0, 0.1) is 0 Å². The topological polar surface area (TPSA) is 79.5 Å². The van der Waals surface area contributed by atoms with E-state index in [1.54, 1.807) is 4.90 Å². The van der Waals surface area contributed by atoms with Crippen LogP contribution in [0.5, 0.6) is 0 Å². The summed E-state index contributed by atoms with van der Waals surface area (Å²) in [5.41, 5.74) is 5.99. The van der Waals surface area contributed by atoms with Crippen LogP contribution < -0.4 is 5.73 Å². The Kier molecular flexibility index (Phi) is 5.20. The van der Waals surface area contributed by atoms with Gasteiger partial charge in [0.1, 0.15) is 5.82 Å². The molecule has 1 aromatic heterocycles. The number of hydrogen-bond acceptors (Lipinski definition) is 4. The van der Waals surface area contributed by atoms with Crippen molar-refractivity contribution in [2.45, 2.75) is 38.1 Å². The Balaban J connectivity index is 2.23. The van der Waals surface area contributed by atoms with Crippen molar-refractivity contribution >= 4 is 23.3 Å². The third-order valence-electron chi connectivity index (χ3n) is 3.72. The van der Waals surface area contributed by atoms with Gasteiger partial charge in [0.05, 0.1) is 17.2 Å². The fourth-order valence-corrected chi connectivity index (χ4v) is 2.91. The molecule has 0 aromatic carbocycles. The maximum atomic E-state index is 12.7. The Morgan fingerprint density at radius 1 is 1.45 bits per heavy atom. The highest BCUT2D eigenvalue weighted by Crippen LogP contribution is 2.26. The third-order valence-corrected chi connectivity index (χ3v) is 4.03. The molecule has 110 valence electrons. The number of carbonyl (C=O) groups is 1. The number of aromatic nitrogens is 1. The van der Waals surface area contributed by atoms with Crippen LogP contribution in [0.1, 0.15) is 42.5 Å². The lowest BCUT2D eigenvalue weighted by molar-refractivity contribution is 0.0585. The van der Waals surface area contributed by atoms with Crippen molar-refractivity contribution in [3.8, 4) is 0 Å². The SMILES string of the molecule is Nc1cc(C(=O)N(CCO)C2CCCCC2)c(Cl)cn1. The van der Waals surface area contributed by atoms with Gasteiger partial charge in [0.15, 0.2) is 0 Å². The van der Waals surface area contributed by atoms with Gasteiger partial charge in [0.2, 0.25) is 0 Å². The van der Waals surface area contributed by atoms with Gasteiger partial charge in [0, 0.05) is 18.8 Å². The summed E-state index contributed by atoms with van der Waals surface area (Å²) in [5.74, 6) is 0.0930. The van der Waals surface area contributed by atoms with Crippen molar-refractivity contribution in [2.24, 2.45) is 0 Å². The minimum absolute atomic E-state index is 0.0551. The van der Waals surface area contributed by atoms with Crippen molar-refractivity contribution in [3.05, 3.63) is 22.8 Å². The number of nitrogens with zero attached hydrogens (tertiary/aromatic N) is 2. The molecule has 6 heteroatoms. The molecule has 1 saturated carbocycles. The van der Waals surface area contributed by atoms with Gasteiger partial charge in [0.25, 0.3) is 5.91 Å². The van der Waals surface area contributed by atoms with E-state index >= 15 is 0 Å². The number of pyridine rings is 1. The maximum Gasteiger partial charge on any atom is 0.255 e. The summed E-state index contributed by atoms with van der Waals surface area (Å²) < 4.78 is 0. The lowest BCUT2D eigenvalue weighted by Gasteiger charge is -2.34. The number of carbonyl (C=O) groups excluding carboxylic acids is 1. The molecule has 1 amide bonds. The predicted octanol–water partition coefficient (Wildman–Crippen LogP) is 2.08. The summed E-state index contributed by atoms with van der Waals surface area (Å²) in [5, 5.41) is 9.52. The molecular formula is C14H20ClN3O2. The molecule has 5 nitrogen and oxygen atoms in total. The van der Waals surface area contributed by atoms with Crippen molar-refractivity contribution in [1.82, 2.24) is 9.88 Å². The number of rotatable bonds is 4. The standard InChI is InChI=1S/C14H20ClN3O2/c15-12-9-17-13(16)8-11(12)14(20)18(6-7-19)10-4-2-1-3-5-10/h8-10,19H,1-7H2,(H2,16,17). The van der Waals surface area contributed by atoms with Gasteiger partial charge in [-0.3, -0.25) is 4.79 Å². The smallest absolute Gasteiger partial charge is 0.255 e. The third kappa shape index (κ3) is 3.41. The molecule has 1 fully saturated rings. The zero-order valence-corrected chi connectivity index (χ0v) is 12.1. The fourth-order valence-electron chi connectivity index (χ4n) is 2.72. The van der Waals surface area contributed by atoms with Crippen LogP contribution in [0.3, 0.4) is 0 Å². The largest absolute Gasteiger partial charge is 0.395 e. The number of aliphatic hydroxyl groups excluding tert-OH is 1. The van der Waals surface area contributed by atoms with E-state index in [0.29, 0.717) is 17.1 Å². The molecule has 0 bridgehead atoms. The normalized spacial score (nSPS) is 16.1. The van der Waals surface area contributed by atoms with Gasteiger partial charge < -0.3 is 15.7 Å². The van der Waals surface area contributed by atoms with Crippen molar-refractivity contribution in [1.29, 1.82) is 0 Å². The van der Waals surface area contributed by atoms with Crippen LogP contribution in [0.4, 0.5) is 5.82 Å². The highest BCUT2D eigenvalue weighted by Gasteiger charge is 2.27. The second-order valence-corrected chi connectivity index (χ2v) is 5.51. The van der Waals surface area contributed by atoms with Gasteiger partial charge in [-0.05, 0) is 18.9 Å². The lowest BCUT2D eigenvalue weighted by atomic mass is 9.93. The van der Waals surface area contributed by atoms with Gasteiger partial charge in [-0.25, -0.2) is 4.98 Å². The number of nitrogens with two attached hydrogens (primary N) is 1. The molecule has 2 rings (SSSR count). The first kappa shape index (κ1) is 15.1. The average Bonchev–Trinajstić information content (AvgIpc) is 2.47. The molecule has 1 aliphatic rings. The maximum absolute atomic E-state index is 12.7. The summed E-state index contributed by atoms with van der Waals surface area (Å²) in [7, 11) is 0. The number of halogens is 1. The van der Waals surface area contributed by atoms with E-state index in [1.165, 1.54) is 18.7 Å². The van der Waals surface area contributed by atoms with Gasteiger partial charge >= 0.3 is 0 Å². The van der Waals surface area contributed by atoms with Crippen LogP contribution in [0.25, 0.3) is 0 Å². The van der Waals surface area contributed by atoms with Crippen LogP contribution >= 0.6 is 11.6 Å². The monoisotopic (exact) mass is 297 g/mol. The molecule has 0 saturated heterocycles. The average molecular weight is 298 g/mol. The van der Waals surface area contributed by atoms with Crippen LogP contribution in [0.15, 0.2) is 12.3 Å². The lowest BCUT2D eigenvalue weighted by Crippen LogP contribution is -2.43. The predicted molar refractivity (Wildman–Crippen MR) is 78.7 cm³/mol. The Bertz CT molecular complexity index is 475. The van der Waals surface area contributed by atoms with Crippen LogP contribution in [0.2, 0.25) is 5.02 Å². The second kappa shape index (κ2) is 6.90. The van der Waals surface area contributed by atoms with E-state index in [0.717, 1.165) is 25.7 Å². The van der Waals surface area contributed by atoms with Crippen molar-refractivity contribution < 1.29 is 9.90 Å². The van der Waals surface area contributed by atoms with Gasteiger partial charge in [-0.2, -0.15) is 0 Å². The van der Waals surface area contributed by atoms with E-state index in [4.69, 9.17) is 17.3 Å². The zero-order valence-electron chi connectivity index (χ0n) is 11.4. The Labute approximate surface area is 123 Å². The summed E-state index contributed by atoms with van der Waals surface area (Å²) in [4.78, 5) is 18.2. The quantitative estimate of drug-likeness (QED) is 0.892. The first-order valence-electron chi connectivity index (χ1n) is 6.96. The first-order valence-corrected chi connectivity index (χ1v) is 7.34. The Morgan fingerprint density at radius 3 is 2.80 bits per heavy atom.